The molecule has 1 fully saturated rings. The quantitative estimate of drug-likeness (QED) is 0.368. The number of aromatic nitrogens is 2. The third-order valence-corrected chi connectivity index (χ3v) is 5.77. The van der Waals surface area contributed by atoms with Crippen molar-refractivity contribution in [1.82, 2.24) is 14.9 Å². The summed E-state index contributed by atoms with van der Waals surface area (Å²) in [5.74, 6) is 5.98. The molecule has 4 rings (SSSR count). The van der Waals surface area contributed by atoms with Crippen LogP contribution in [0, 0.1) is 6.92 Å². The van der Waals surface area contributed by atoms with E-state index in [1.807, 2.05) is 30.0 Å². The lowest BCUT2D eigenvalue weighted by Crippen LogP contribution is -2.39. The first-order valence-corrected chi connectivity index (χ1v) is 10.2. The lowest BCUT2D eigenvalue weighted by atomic mass is 9.93. The zero-order valence-corrected chi connectivity index (χ0v) is 17.4. The van der Waals surface area contributed by atoms with Gasteiger partial charge in [-0.1, -0.05) is 0 Å². The minimum atomic E-state index is 0.0619. The summed E-state index contributed by atoms with van der Waals surface area (Å²) >= 11 is 0. The van der Waals surface area contributed by atoms with Gasteiger partial charge in [-0.3, -0.25) is 10.6 Å². The normalized spacial score (nSPS) is 14.8. The molecule has 3 heterocycles. The molecule has 0 atom stereocenters. The Morgan fingerprint density at radius 3 is 2.77 bits per heavy atom. The topological polar surface area (TPSA) is 108 Å². The van der Waals surface area contributed by atoms with Crippen LogP contribution in [0.25, 0.3) is 11.0 Å². The third-order valence-electron chi connectivity index (χ3n) is 5.77. The Hall–Kier alpha value is -3.10. The molecule has 8 heteroatoms. The van der Waals surface area contributed by atoms with Crippen LogP contribution in [0.5, 0.6) is 0 Å². The predicted molar refractivity (Wildman–Crippen MR) is 119 cm³/mol. The van der Waals surface area contributed by atoms with Crippen LogP contribution < -0.4 is 16.6 Å². The Morgan fingerprint density at radius 2 is 2.07 bits per heavy atom. The summed E-state index contributed by atoms with van der Waals surface area (Å²) in [7, 11) is 1.55. The summed E-state index contributed by atoms with van der Waals surface area (Å²) in [6, 6.07) is 10.2. The number of likely N-dealkylation sites (tertiary alicyclic amines) is 1. The highest BCUT2D eigenvalue weighted by molar-refractivity contribution is 5.92. The van der Waals surface area contributed by atoms with Gasteiger partial charge in [-0.15, -0.1) is 0 Å². The summed E-state index contributed by atoms with van der Waals surface area (Å²) in [4.78, 5) is 21.9. The number of hydrogen-bond acceptors (Lipinski definition) is 6. The van der Waals surface area contributed by atoms with Crippen molar-refractivity contribution < 1.29 is 9.53 Å². The van der Waals surface area contributed by atoms with Crippen LogP contribution in [0.15, 0.2) is 36.5 Å². The van der Waals surface area contributed by atoms with Crippen molar-refractivity contribution in [3.8, 4) is 0 Å². The number of pyridine rings is 1. The van der Waals surface area contributed by atoms with Crippen molar-refractivity contribution in [1.29, 1.82) is 0 Å². The number of nitrogens with one attached hydrogen (secondary N) is 3. The van der Waals surface area contributed by atoms with Gasteiger partial charge in [0.05, 0.1) is 11.4 Å². The van der Waals surface area contributed by atoms with Gasteiger partial charge in [-0.05, 0) is 55.7 Å². The number of aryl methyl sites for hydroxylation is 1. The number of amides is 1. The minimum Gasteiger partial charge on any atom is -0.375 e. The number of hydrogen-bond donors (Lipinski definition) is 4. The van der Waals surface area contributed by atoms with Gasteiger partial charge in [-0.2, -0.15) is 0 Å². The molecule has 30 heavy (non-hydrogen) atoms. The number of fused-ring (bicyclic) bond motifs is 1. The summed E-state index contributed by atoms with van der Waals surface area (Å²) in [6.07, 6.45) is 3.66. The Morgan fingerprint density at radius 1 is 1.27 bits per heavy atom. The molecular weight excluding hydrogens is 380 g/mol. The predicted octanol–water partition coefficient (Wildman–Crippen LogP) is 3.25. The number of H-pyrrole nitrogens is 1. The highest BCUT2D eigenvalue weighted by Crippen LogP contribution is 2.33. The number of aromatic amines is 1. The summed E-state index contributed by atoms with van der Waals surface area (Å²) in [5.41, 5.74) is 8.70. The molecule has 5 N–H and O–H groups in total. The SMILES string of the molecule is COCC(=O)N1CCC(c2cc3c(Nc4ccc(NN)c(C)c4)ccnc3[nH]2)CC1. The number of benzene rings is 1. The molecule has 1 aliphatic rings. The van der Waals surface area contributed by atoms with Crippen LogP contribution in [0.2, 0.25) is 0 Å². The highest BCUT2D eigenvalue weighted by Gasteiger charge is 2.25. The maximum Gasteiger partial charge on any atom is 0.248 e. The maximum absolute atomic E-state index is 12.0. The van der Waals surface area contributed by atoms with E-state index >= 15 is 0 Å². The number of nitrogens with zero attached hydrogens (tertiary/aromatic N) is 2. The van der Waals surface area contributed by atoms with E-state index in [2.05, 4.69) is 32.8 Å². The molecule has 0 spiro atoms. The van der Waals surface area contributed by atoms with Crippen LogP contribution in [-0.2, 0) is 9.53 Å². The molecule has 2 aromatic heterocycles. The van der Waals surface area contributed by atoms with E-state index in [1.165, 1.54) is 5.69 Å². The molecule has 1 aliphatic heterocycles. The number of anilines is 3. The second-order valence-corrected chi connectivity index (χ2v) is 7.73. The van der Waals surface area contributed by atoms with Crippen LogP contribution in [-0.4, -0.2) is 47.6 Å². The van der Waals surface area contributed by atoms with Gasteiger partial charge in [0, 0.05) is 49.1 Å². The number of carbonyl (C=O) groups is 1. The number of methoxy groups -OCH3 is 1. The van der Waals surface area contributed by atoms with Crippen LogP contribution in [0.1, 0.15) is 30.0 Å². The van der Waals surface area contributed by atoms with Crippen molar-refractivity contribution in [3.63, 3.8) is 0 Å². The second kappa shape index (κ2) is 8.73. The number of nitrogens with two attached hydrogens (primary N) is 1. The summed E-state index contributed by atoms with van der Waals surface area (Å²) < 4.78 is 4.97. The Bertz CT molecular complexity index is 1040. The average molecular weight is 409 g/mol. The van der Waals surface area contributed by atoms with Gasteiger partial charge in [-0.25, -0.2) is 4.98 Å². The molecular formula is C22H28N6O2. The molecule has 1 saturated heterocycles. The third kappa shape index (κ3) is 4.10. The highest BCUT2D eigenvalue weighted by atomic mass is 16.5. The molecule has 0 bridgehead atoms. The van der Waals surface area contributed by atoms with Gasteiger partial charge in [0.2, 0.25) is 5.91 Å². The van der Waals surface area contributed by atoms with Crippen LogP contribution >= 0.6 is 0 Å². The largest absolute Gasteiger partial charge is 0.375 e. The molecule has 158 valence electrons. The fourth-order valence-electron chi connectivity index (χ4n) is 4.09. The van der Waals surface area contributed by atoms with Gasteiger partial charge >= 0.3 is 0 Å². The van der Waals surface area contributed by atoms with E-state index in [4.69, 9.17) is 10.6 Å². The molecule has 1 amide bonds. The number of nitrogen functional groups attached to an aromatic ring is 1. The lowest BCUT2D eigenvalue weighted by molar-refractivity contribution is -0.136. The molecule has 1 aromatic carbocycles. The van der Waals surface area contributed by atoms with E-state index in [9.17, 15) is 4.79 Å². The Labute approximate surface area is 175 Å². The number of rotatable bonds is 6. The number of hydrazine groups is 1. The molecule has 8 nitrogen and oxygen atoms in total. The number of piperidine rings is 1. The van der Waals surface area contributed by atoms with E-state index in [0.29, 0.717) is 5.92 Å². The van der Waals surface area contributed by atoms with E-state index in [0.717, 1.165) is 59.6 Å². The van der Waals surface area contributed by atoms with Gasteiger partial charge in [0.25, 0.3) is 0 Å². The van der Waals surface area contributed by atoms with Gasteiger partial charge < -0.3 is 25.4 Å². The van der Waals surface area contributed by atoms with Crippen molar-refractivity contribution in [2.24, 2.45) is 5.84 Å². The molecule has 0 unspecified atom stereocenters. The van der Waals surface area contributed by atoms with E-state index < -0.39 is 0 Å². The zero-order valence-electron chi connectivity index (χ0n) is 17.4. The van der Waals surface area contributed by atoms with Crippen molar-refractivity contribution in [3.05, 3.63) is 47.8 Å². The second-order valence-electron chi connectivity index (χ2n) is 7.73. The fourth-order valence-corrected chi connectivity index (χ4v) is 4.09. The van der Waals surface area contributed by atoms with Gasteiger partial charge in [0.1, 0.15) is 12.3 Å². The Kier molecular flexibility index (Phi) is 5.87. The van der Waals surface area contributed by atoms with Crippen molar-refractivity contribution in [2.75, 3.05) is 37.5 Å². The van der Waals surface area contributed by atoms with Crippen molar-refractivity contribution in [2.45, 2.75) is 25.7 Å². The smallest absolute Gasteiger partial charge is 0.248 e. The zero-order chi connectivity index (χ0) is 21.1. The van der Waals surface area contributed by atoms with Crippen LogP contribution in [0.3, 0.4) is 0 Å². The first-order valence-electron chi connectivity index (χ1n) is 10.2. The maximum atomic E-state index is 12.0. The molecule has 3 aromatic rings. The van der Waals surface area contributed by atoms with E-state index in [1.54, 1.807) is 13.3 Å². The minimum absolute atomic E-state index is 0.0619. The number of ether oxygens (including phenoxy) is 1. The van der Waals surface area contributed by atoms with Crippen molar-refractivity contribution >= 4 is 34.0 Å². The first kappa shape index (κ1) is 20.2. The molecule has 0 aliphatic carbocycles. The van der Waals surface area contributed by atoms with Gasteiger partial charge in [0.15, 0.2) is 0 Å². The summed E-state index contributed by atoms with van der Waals surface area (Å²) in [6.45, 7) is 3.67. The standard InChI is InChI=1S/C22H28N6O2/c1-14-11-16(3-4-18(14)27-23)25-19-5-8-24-22-17(19)12-20(26-22)15-6-9-28(10-7-15)21(29)13-30-2/h3-5,8,11-12,15,27H,6-7,9-10,13,23H2,1-2H3,(H2,24,25,26). The fraction of sp³-hybridized carbons (Fsp3) is 0.364. The molecule has 0 saturated carbocycles. The summed E-state index contributed by atoms with van der Waals surface area (Å²) in [5, 5.41) is 4.56. The number of carbonyl (C=O) groups excluding carboxylic acids is 1. The lowest BCUT2D eigenvalue weighted by Gasteiger charge is -2.31. The Balaban J connectivity index is 1.51. The monoisotopic (exact) mass is 408 g/mol. The van der Waals surface area contributed by atoms with E-state index in [-0.39, 0.29) is 12.5 Å². The first-order chi connectivity index (χ1) is 14.6. The van der Waals surface area contributed by atoms with Crippen LogP contribution in [0.4, 0.5) is 17.1 Å². The average Bonchev–Trinajstić information content (AvgIpc) is 3.20. The molecule has 0 radical (unpaired) electrons.